The smallest absolute Gasteiger partial charge is 0.0136 e. The Hall–Kier alpha value is -0.560. The molecule has 0 aliphatic heterocycles. The Labute approximate surface area is 69.0 Å². The number of allylic oxidation sites excluding steroid dienone is 2. The lowest BCUT2D eigenvalue weighted by atomic mass is 9.97. The van der Waals surface area contributed by atoms with Gasteiger partial charge in [-0.3, -0.25) is 0 Å². The van der Waals surface area contributed by atoms with Gasteiger partial charge in [-0.1, -0.05) is 11.1 Å². The van der Waals surface area contributed by atoms with E-state index in [0.717, 1.165) is 6.54 Å². The van der Waals surface area contributed by atoms with E-state index in [1.165, 1.54) is 22.3 Å². The fraction of sp³-hybridized carbons (Fsp3) is 0.600. The predicted octanol–water partition coefficient (Wildman–Crippen LogP) is 2.25. The van der Waals surface area contributed by atoms with E-state index in [2.05, 4.69) is 27.7 Å². The van der Waals surface area contributed by atoms with E-state index in [0.29, 0.717) is 5.92 Å². The third kappa shape index (κ3) is 1.14. The third-order valence-corrected chi connectivity index (χ3v) is 3.03. The lowest BCUT2D eigenvalue weighted by molar-refractivity contribution is 0.733. The molecule has 1 aliphatic carbocycles. The van der Waals surface area contributed by atoms with Gasteiger partial charge in [0.15, 0.2) is 0 Å². The Kier molecular flexibility index (Phi) is 2.19. The van der Waals surface area contributed by atoms with E-state index < -0.39 is 0 Å². The number of hydrogen-bond donors (Lipinski definition) is 1. The van der Waals surface area contributed by atoms with Crippen LogP contribution in [0.4, 0.5) is 0 Å². The zero-order chi connectivity index (χ0) is 8.59. The summed E-state index contributed by atoms with van der Waals surface area (Å²) < 4.78 is 0. The van der Waals surface area contributed by atoms with Crippen LogP contribution in [0.15, 0.2) is 22.3 Å². The average Bonchev–Trinajstić information content (AvgIpc) is 2.17. The molecule has 1 rings (SSSR count). The van der Waals surface area contributed by atoms with E-state index in [1.807, 2.05) is 0 Å². The molecule has 0 aromatic carbocycles. The Morgan fingerprint density at radius 3 is 1.55 bits per heavy atom. The van der Waals surface area contributed by atoms with Crippen molar-refractivity contribution in [1.82, 2.24) is 0 Å². The van der Waals surface area contributed by atoms with Gasteiger partial charge in [-0.15, -0.1) is 0 Å². The molecule has 0 atom stereocenters. The summed E-state index contributed by atoms with van der Waals surface area (Å²) in [7, 11) is 0. The van der Waals surface area contributed by atoms with Crippen LogP contribution in [0.5, 0.6) is 0 Å². The largest absolute Gasteiger partial charge is 0.330 e. The van der Waals surface area contributed by atoms with E-state index in [9.17, 15) is 0 Å². The lowest BCUT2D eigenvalue weighted by Gasteiger charge is -2.10. The molecule has 0 amide bonds. The molecule has 62 valence electrons. The second-order valence-corrected chi connectivity index (χ2v) is 3.40. The third-order valence-electron chi connectivity index (χ3n) is 3.03. The van der Waals surface area contributed by atoms with Gasteiger partial charge in [0.05, 0.1) is 0 Å². The highest BCUT2D eigenvalue weighted by molar-refractivity contribution is 5.46. The van der Waals surface area contributed by atoms with E-state index in [4.69, 9.17) is 5.73 Å². The van der Waals surface area contributed by atoms with Gasteiger partial charge in [-0.25, -0.2) is 0 Å². The summed E-state index contributed by atoms with van der Waals surface area (Å²) in [5, 5.41) is 0. The van der Waals surface area contributed by atoms with E-state index in [1.54, 1.807) is 0 Å². The lowest BCUT2D eigenvalue weighted by Crippen LogP contribution is -2.14. The first-order valence-electron chi connectivity index (χ1n) is 4.14. The van der Waals surface area contributed by atoms with E-state index >= 15 is 0 Å². The molecular weight excluding hydrogens is 134 g/mol. The standard InChI is InChI=1S/C10H17N/c1-6-7(2)9(4)10(5-11)8(6)3/h10H,5,11H2,1-4H3. The van der Waals surface area contributed by atoms with Crippen molar-refractivity contribution in [3.63, 3.8) is 0 Å². The number of rotatable bonds is 1. The Morgan fingerprint density at radius 2 is 1.36 bits per heavy atom. The molecular formula is C10H17N. The molecule has 1 aliphatic rings. The first kappa shape index (κ1) is 8.54. The zero-order valence-electron chi connectivity index (χ0n) is 7.86. The number of nitrogens with two attached hydrogens (primary N) is 1. The van der Waals surface area contributed by atoms with Crippen LogP contribution in [0.25, 0.3) is 0 Å². The molecule has 1 heteroatoms. The maximum absolute atomic E-state index is 5.67. The van der Waals surface area contributed by atoms with Gasteiger partial charge in [-0.05, 0) is 38.8 Å². The minimum Gasteiger partial charge on any atom is -0.330 e. The Balaban J connectivity index is 3.04. The summed E-state index contributed by atoms with van der Waals surface area (Å²) in [6.45, 7) is 9.50. The highest BCUT2D eigenvalue weighted by atomic mass is 14.6. The molecule has 11 heavy (non-hydrogen) atoms. The van der Waals surface area contributed by atoms with Crippen molar-refractivity contribution in [3.05, 3.63) is 22.3 Å². The first-order valence-corrected chi connectivity index (χ1v) is 4.14. The van der Waals surface area contributed by atoms with Crippen molar-refractivity contribution < 1.29 is 0 Å². The summed E-state index contributed by atoms with van der Waals surface area (Å²) in [6, 6.07) is 0. The van der Waals surface area contributed by atoms with Crippen LogP contribution >= 0.6 is 0 Å². The predicted molar refractivity (Wildman–Crippen MR) is 49.3 cm³/mol. The van der Waals surface area contributed by atoms with Crippen LogP contribution in [-0.4, -0.2) is 6.54 Å². The Morgan fingerprint density at radius 1 is 1.00 bits per heavy atom. The number of hydrogen-bond acceptors (Lipinski definition) is 1. The van der Waals surface area contributed by atoms with Crippen LogP contribution in [0.2, 0.25) is 0 Å². The molecule has 0 unspecified atom stereocenters. The molecule has 0 fully saturated rings. The summed E-state index contributed by atoms with van der Waals surface area (Å²) >= 11 is 0. The zero-order valence-corrected chi connectivity index (χ0v) is 7.86. The molecule has 1 nitrogen and oxygen atoms in total. The van der Waals surface area contributed by atoms with Gasteiger partial charge in [0.25, 0.3) is 0 Å². The first-order chi connectivity index (χ1) is 5.09. The topological polar surface area (TPSA) is 26.0 Å². The Bertz CT molecular complexity index is 209. The fourth-order valence-electron chi connectivity index (χ4n) is 1.79. The maximum atomic E-state index is 5.67. The SMILES string of the molecule is CC1=C(C)C(CN)C(C)=C1C. The van der Waals surface area contributed by atoms with Crippen LogP contribution in [0.3, 0.4) is 0 Å². The van der Waals surface area contributed by atoms with Gasteiger partial charge in [-0.2, -0.15) is 0 Å². The summed E-state index contributed by atoms with van der Waals surface area (Å²) in [4.78, 5) is 0. The van der Waals surface area contributed by atoms with Gasteiger partial charge < -0.3 is 5.73 Å². The normalized spacial score (nSPS) is 20.5. The maximum Gasteiger partial charge on any atom is 0.0136 e. The monoisotopic (exact) mass is 151 g/mol. The molecule has 0 bridgehead atoms. The quantitative estimate of drug-likeness (QED) is 0.611. The van der Waals surface area contributed by atoms with Crippen molar-refractivity contribution in [1.29, 1.82) is 0 Å². The van der Waals surface area contributed by atoms with Gasteiger partial charge in [0.2, 0.25) is 0 Å². The second-order valence-electron chi connectivity index (χ2n) is 3.40. The molecule has 0 aromatic rings. The van der Waals surface area contributed by atoms with Crippen molar-refractivity contribution in [2.75, 3.05) is 6.54 Å². The van der Waals surface area contributed by atoms with Crippen LogP contribution in [-0.2, 0) is 0 Å². The minimum absolute atomic E-state index is 0.523. The van der Waals surface area contributed by atoms with Crippen molar-refractivity contribution in [2.45, 2.75) is 27.7 Å². The van der Waals surface area contributed by atoms with Crippen molar-refractivity contribution in [3.8, 4) is 0 Å². The van der Waals surface area contributed by atoms with Crippen molar-refractivity contribution in [2.24, 2.45) is 11.7 Å². The average molecular weight is 151 g/mol. The van der Waals surface area contributed by atoms with Crippen LogP contribution in [0, 0.1) is 5.92 Å². The minimum atomic E-state index is 0.523. The van der Waals surface area contributed by atoms with Gasteiger partial charge in [0, 0.05) is 12.5 Å². The fourth-order valence-corrected chi connectivity index (χ4v) is 1.79. The molecule has 0 saturated carbocycles. The summed E-state index contributed by atoms with van der Waals surface area (Å²) in [6.07, 6.45) is 0. The molecule has 2 N–H and O–H groups in total. The molecule has 0 aromatic heterocycles. The van der Waals surface area contributed by atoms with Crippen molar-refractivity contribution >= 4 is 0 Å². The molecule has 0 radical (unpaired) electrons. The van der Waals surface area contributed by atoms with Gasteiger partial charge in [0.1, 0.15) is 0 Å². The van der Waals surface area contributed by atoms with Crippen LogP contribution < -0.4 is 5.73 Å². The second kappa shape index (κ2) is 2.82. The molecule has 0 heterocycles. The molecule has 0 saturated heterocycles. The summed E-state index contributed by atoms with van der Waals surface area (Å²) in [5.41, 5.74) is 11.5. The van der Waals surface area contributed by atoms with Gasteiger partial charge >= 0.3 is 0 Å². The van der Waals surface area contributed by atoms with Crippen LogP contribution in [0.1, 0.15) is 27.7 Å². The van der Waals surface area contributed by atoms with E-state index in [-0.39, 0.29) is 0 Å². The molecule has 0 spiro atoms. The highest BCUT2D eigenvalue weighted by Gasteiger charge is 2.22. The highest BCUT2D eigenvalue weighted by Crippen LogP contribution is 2.35. The summed E-state index contributed by atoms with van der Waals surface area (Å²) in [5.74, 6) is 0.523.